The molecule has 0 fully saturated rings. The molecule has 4 heteroatoms. The third-order valence-corrected chi connectivity index (χ3v) is 4.88. The van der Waals surface area contributed by atoms with Gasteiger partial charge in [0, 0.05) is 17.1 Å². The summed E-state index contributed by atoms with van der Waals surface area (Å²) in [5.74, 6) is 0.428. The molecule has 1 amide bonds. The Morgan fingerprint density at radius 2 is 1.48 bits per heavy atom. The predicted octanol–water partition coefficient (Wildman–Crippen LogP) is 6.36. The quantitative estimate of drug-likeness (QED) is 0.475. The summed E-state index contributed by atoms with van der Waals surface area (Å²) in [6.45, 7) is 6.99. The molecule has 0 aliphatic carbocycles. The molecule has 0 heterocycles. The van der Waals surface area contributed by atoms with E-state index in [2.05, 4.69) is 0 Å². The van der Waals surface area contributed by atoms with Crippen molar-refractivity contribution in [1.82, 2.24) is 4.90 Å². The fourth-order valence-electron chi connectivity index (χ4n) is 3.06. The molecule has 0 bridgehead atoms. The summed E-state index contributed by atoms with van der Waals surface area (Å²) in [5.41, 5.74) is 2.22. The van der Waals surface area contributed by atoms with E-state index in [4.69, 9.17) is 16.3 Å². The maximum atomic E-state index is 13.6. The molecular weight excluding hydrogens is 382 g/mol. The van der Waals surface area contributed by atoms with Gasteiger partial charge in [-0.3, -0.25) is 4.79 Å². The van der Waals surface area contributed by atoms with Crippen LogP contribution in [-0.2, 0) is 13.2 Å². The second-order valence-corrected chi connectivity index (χ2v) is 8.40. The molecule has 0 radical (unpaired) electrons. The molecule has 3 aromatic rings. The van der Waals surface area contributed by atoms with Gasteiger partial charge in [-0.25, -0.2) is 0 Å². The van der Waals surface area contributed by atoms with E-state index >= 15 is 0 Å². The highest BCUT2D eigenvalue weighted by molar-refractivity contribution is 6.31. The van der Waals surface area contributed by atoms with Crippen LogP contribution in [0.1, 0.15) is 42.3 Å². The second-order valence-electron chi connectivity index (χ2n) is 7.96. The van der Waals surface area contributed by atoms with Gasteiger partial charge in [0.1, 0.15) is 12.4 Å². The first-order valence-electron chi connectivity index (χ1n) is 9.67. The summed E-state index contributed by atoms with van der Waals surface area (Å²) < 4.78 is 6.01. The number of carbonyl (C=O) groups excluding carboxylic acids is 1. The van der Waals surface area contributed by atoms with Crippen LogP contribution in [0.4, 0.5) is 0 Å². The Hall–Kier alpha value is -2.78. The minimum absolute atomic E-state index is 0.105. The summed E-state index contributed by atoms with van der Waals surface area (Å²) in [7, 11) is 0. The van der Waals surface area contributed by atoms with Gasteiger partial charge in [0.05, 0.1) is 5.56 Å². The SMILES string of the molecule is CC(C)(C)N(Cc1ccccc1)C(=O)c1cc(Cl)ccc1OCc1ccccc1. The number of rotatable bonds is 6. The molecule has 0 unspecified atom stereocenters. The first-order valence-corrected chi connectivity index (χ1v) is 10.0. The van der Waals surface area contributed by atoms with E-state index in [1.54, 1.807) is 18.2 Å². The minimum Gasteiger partial charge on any atom is -0.488 e. The van der Waals surface area contributed by atoms with Crippen molar-refractivity contribution in [3.05, 3.63) is 101 Å². The predicted molar refractivity (Wildman–Crippen MR) is 118 cm³/mol. The Bertz CT molecular complexity index is 950. The summed E-state index contributed by atoms with van der Waals surface area (Å²) in [4.78, 5) is 15.4. The molecule has 150 valence electrons. The number of hydrogen-bond acceptors (Lipinski definition) is 2. The molecule has 0 aliphatic heterocycles. The standard InChI is InChI=1S/C25H26ClNO2/c1-25(2,3)27(17-19-10-6-4-7-11-19)24(28)22-16-21(26)14-15-23(22)29-18-20-12-8-5-9-13-20/h4-16H,17-18H2,1-3H3. The lowest BCUT2D eigenvalue weighted by atomic mass is 10.0. The molecule has 0 aromatic heterocycles. The zero-order chi connectivity index (χ0) is 20.9. The number of nitrogens with zero attached hydrogens (tertiary/aromatic N) is 1. The molecule has 3 nitrogen and oxygen atoms in total. The Morgan fingerprint density at radius 3 is 2.07 bits per heavy atom. The summed E-state index contributed by atoms with van der Waals surface area (Å²) >= 11 is 6.23. The second kappa shape index (κ2) is 9.15. The van der Waals surface area contributed by atoms with Crippen LogP contribution >= 0.6 is 11.6 Å². The Labute approximate surface area is 177 Å². The van der Waals surface area contributed by atoms with E-state index in [-0.39, 0.29) is 11.4 Å². The zero-order valence-corrected chi connectivity index (χ0v) is 17.8. The van der Waals surface area contributed by atoms with Gasteiger partial charge in [0.15, 0.2) is 0 Å². The van der Waals surface area contributed by atoms with Crippen LogP contribution in [0.25, 0.3) is 0 Å². The molecule has 0 saturated carbocycles. The number of amides is 1. The lowest BCUT2D eigenvalue weighted by Gasteiger charge is -2.36. The van der Waals surface area contributed by atoms with Gasteiger partial charge in [0.25, 0.3) is 5.91 Å². The first kappa shape index (κ1) is 20.9. The first-order chi connectivity index (χ1) is 13.8. The maximum absolute atomic E-state index is 13.6. The van der Waals surface area contributed by atoms with Gasteiger partial charge in [-0.15, -0.1) is 0 Å². The van der Waals surface area contributed by atoms with E-state index in [0.717, 1.165) is 11.1 Å². The van der Waals surface area contributed by atoms with E-state index < -0.39 is 0 Å². The monoisotopic (exact) mass is 407 g/mol. The van der Waals surface area contributed by atoms with Gasteiger partial charge in [0.2, 0.25) is 0 Å². The highest BCUT2D eigenvalue weighted by Gasteiger charge is 2.29. The number of carbonyl (C=O) groups is 1. The maximum Gasteiger partial charge on any atom is 0.258 e. The molecule has 0 saturated heterocycles. The summed E-state index contributed by atoms with van der Waals surface area (Å²) in [5, 5.41) is 0.508. The Morgan fingerprint density at radius 1 is 0.897 bits per heavy atom. The van der Waals surface area contributed by atoms with Crippen molar-refractivity contribution in [2.45, 2.75) is 39.5 Å². The number of halogens is 1. The molecule has 0 spiro atoms. The lowest BCUT2D eigenvalue weighted by molar-refractivity contribution is 0.0554. The fourth-order valence-corrected chi connectivity index (χ4v) is 3.23. The van der Waals surface area contributed by atoms with E-state index in [0.29, 0.717) is 29.5 Å². The third-order valence-electron chi connectivity index (χ3n) is 4.65. The van der Waals surface area contributed by atoms with Crippen LogP contribution in [0.15, 0.2) is 78.9 Å². The van der Waals surface area contributed by atoms with Crippen LogP contribution in [0.5, 0.6) is 5.75 Å². The van der Waals surface area contributed by atoms with E-state index in [9.17, 15) is 4.79 Å². The van der Waals surface area contributed by atoms with Crippen molar-refractivity contribution in [2.24, 2.45) is 0 Å². The van der Waals surface area contributed by atoms with Crippen LogP contribution in [-0.4, -0.2) is 16.3 Å². The normalized spacial score (nSPS) is 11.2. The lowest BCUT2D eigenvalue weighted by Crippen LogP contribution is -2.45. The van der Waals surface area contributed by atoms with Gasteiger partial charge < -0.3 is 9.64 Å². The summed E-state index contributed by atoms with van der Waals surface area (Å²) in [6, 6.07) is 25.1. The Balaban J connectivity index is 1.89. The van der Waals surface area contributed by atoms with Crippen molar-refractivity contribution in [1.29, 1.82) is 0 Å². The molecule has 0 atom stereocenters. The van der Waals surface area contributed by atoms with Crippen molar-refractivity contribution in [3.8, 4) is 5.75 Å². The Kier molecular flexibility index (Phi) is 6.60. The van der Waals surface area contributed by atoms with Crippen LogP contribution in [0, 0.1) is 0 Å². The van der Waals surface area contributed by atoms with Gasteiger partial charge in [-0.2, -0.15) is 0 Å². The minimum atomic E-state index is -0.369. The smallest absolute Gasteiger partial charge is 0.258 e. The molecule has 0 N–H and O–H groups in total. The average molecular weight is 408 g/mol. The third kappa shape index (κ3) is 5.61. The van der Waals surface area contributed by atoms with Crippen LogP contribution < -0.4 is 4.74 Å². The van der Waals surface area contributed by atoms with Gasteiger partial charge in [-0.05, 0) is 50.1 Å². The molecule has 3 rings (SSSR count). The van der Waals surface area contributed by atoms with Crippen molar-refractivity contribution in [3.63, 3.8) is 0 Å². The largest absolute Gasteiger partial charge is 0.488 e. The molecule has 0 aliphatic rings. The van der Waals surface area contributed by atoms with Crippen molar-refractivity contribution < 1.29 is 9.53 Å². The van der Waals surface area contributed by atoms with Crippen molar-refractivity contribution in [2.75, 3.05) is 0 Å². The number of benzene rings is 3. The van der Waals surface area contributed by atoms with E-state index in [1.807, 2.05) is 86.3 Å². The van der Waals surface area contributed by atoms with Gasteiger partial charge in [-0.1, -0.05) is 72.3 Å². The molecule has 29 heavy (non-hydrogen) atoms. The molecule has 3 aromatic carbocycles. The average Bonchev–Trinajstić information content (AvgIpc) is 2.71. The zero-order valence-electron chi connectivity index (χ0n) is 17.1. The van der Waals surface area contributed by atoms with Gasteiger partial charge >= 0.3 is 0 Å². The van der Waals surface area contributed by atoms with E-state index in [1.165, 1.54) is 0 Å². The van der Waals surface area contributed by atoms with Crippen molar-refractivity contribution >= 4 is 17.5 Å². The number of hydrogen-bond donors (Lipinski definition) is 0. The number of ether oxygens (including phenoxy) is 1. The van der Waals surface area contributed by atoms with Crippen LogP contribution in [0.3, 0.4) is 0 Å². The van der Waals surface area contributed by atoms with Crippen LogP contribution in [0.2, 0.25) is 5.02 Å². The highest BCUT2D eigenvalue weighted by atomic mass is 35.5. The summed E-state index contributed by atoms with van der Waals surface area (Å²) in [6.07, 6.45) is 0. The highest BCUT2D eigenvalue weighted by Crippen LogP contribution is 2.29. The fraction of sp³-hybridized carbons (Fsp3) is 0.240. The molecular formula is C25H26ClNO2. The topological polar surface area (TPSA) is 29.5 Å².